The Morgan fingerprint density at radius 2 is 1.64 bits per heavy atom. The smallest absolute Gasteiger partial charge is 0.000245 e. The summed E-state index contributed by atoms with van der Waals surface area (Å²) in [5.41, 5.74) is 1.62. The summed E-state index contributed by atoms with van der Waals surface area (Å²) in [5.74, 6) is 0. The molecular weight excluding hydrogens is 156 g/mol. The van der Waals surface area contributed by atoms with E-state index in [0.29, 0.717) is 0 Å². The Kier molecular flexibility index (Phi) is 10.1. The predicted octanol–water partition coefficient (Wildman–Crippen LogP) is 4.49. The van der Waals surface area contributed by atoms with Crippen molar-refractivity contribution in [2.24, 2.45) is 0 Å². The van der Waals surface area contributed by atoms with Crippen molar-refractivity contribution in [3.63, 3.8) is 0 Å². The second kappa shape index (κ2) is 10.0. The molecule has 0 atom stereocenters. The minimum Gasteiger partial charge on any atom is -0.0933 e. The monoisotopic (exact) mass is 174 g/mol. The summed E-state index contributed by atoms with van der Waals surface area (Å²) < 4.78 is 0. The first-order valence-corrected chi connectivity index (χ1v) is 5.10. The Bertz CT molecular complexity index is 86.9. The van der Waals surface area contributed by atoms with Crippen molar-refractivity contribution in [2.75, 3.05) is 0 Å². The van der Waals surface area contributed by atoms with Gasteiger partial charge in [0, 0.05) is 5.54 Å². The van der Waals surface area contributed by atoms with Crippen molar-refractivity contribution in [1.29, 1.82) is 0 Å². The van der Waals surface area contributed by atoms with Gasteiger partial charge in [-0.3, -0.25) is 0 Å². The molecule has 0 unspecified atom stereocenters. The quantitative estimate of drug-likeness (QED) is 0.499. The minimum absolute atomic E-state index is 1.15. The summed E-state index contributed by atoms with van der Waals surface area (Å²) in [4.78, 5) is 0. The molecule has 0 nitrogen and oxygen atoms in total. The number of hydrogen-bond acceptors (Lipinski definition) is 0. The third kappa shape index (κ3) is 10.0. The molecule has 0 heterocycles. The van der Waals surface area contributed by atoms with Gasteiger partial charge in [0.05, 0.1) is 0 Å². The van der Waals surface area contributed by atoms with Crippen LogP contribution in [0.15, 0.2) is 11.6 Å². The SMILES string of the molecule is CCCCCCCC/C=C/Cl. The highest BCUT2D eigenvalue weighted by molar-refractivity contribution is 6.25. The fourth-order valence-electron chi connectivity index (χ4n) is 1.11. The number of unbranched alkanes of at least 4 members (excludes halogenated alkanes) is 6. The molecule has 0 rings (SSSR count). The number of hydrogen-bond donors (Lipinski definition) is 0. The zero-order valence-corrected chi connectivity index (χ0v) is 8.24. The van der Waals surface area contributed by atoms with Crippen molar-refractivity contribution in [3.05, 3.63) is 11.6 Å². The minimum atomic E-state index is 1.15. The molecule has 1 heteroatoms. The molecule has 0 radical (unpaired) electrons. The number of allylic oxidation sites excluding steroid dienone is 1. The number of rotatable bonds is 7. The van der Waals surface area contributed by atoms with Gasteiger partial charge in [0.2, 0.25) is 0 Å². The lowest BCUT2D eigenvalue weighted by molar-refractivity contribution is 0.611. The van der Waals surface area contributed by atoms with Crippen LogP contribution in [0, 0.1) is 0 Å². The zero-order valence-electron chi connectivity index (χ0n) is 7.48. The summed E-state index contributed by atoms with van der Waals surface area (Å²) in [5, 5.41) is 0. The highest BCUT2D eigenvalue weighted by Gasteiger charge is 1.87. The summed E-state index contributed by atoms with van der Waals surface area (Å²) in [6, 6.07) is 0. The third-order valence-corrected chi connectivity index (χ3v) is 1.99. The lowest BCUT2D eigenvalue weighted by Crippen LogP contribution is -1.77. The van der Waals surface area contributed by atoms with E-state index in [2.05, 4.69) is 6.92 Å². The molecule has 0 bridgehead atoms. The lowest BCUT2D eigenvalue weighted by Gasteiger charge is -1.96. The molecule has 0 N–H and O–H groups in total. The molecule has 0 aromatic carbocycles. The molecule has 11 heavy (non-hydrogen) atoms. The first kappa shape index (κ1) is 11.0. The van der Waals surface area contributed by atoms with E-state index < -0.39 is 0 Å². The van der Waals surface area contributed by atoms with Crippen molar-refractivity contribution in [2.45, 2.75) is 51.9 Å². The van der Waals surface area contributed by atoms with Gasteiger partial charge in [-0.05, 0) is 12.8 Å². The van der Waals surface area contributed by atoms with Crippen molar-refractivity contribution in [1.82, 2.24) is 0 Å². The lowest BCUT2D eigenvalue weighted by atomic mass is 10.1. The van der Waals surface area contributed by atoms with E-state index in [4.69, 9.17) is 11.6 Å². The van der Waals surface area contributed by atoms with Crippen LogP contribution in [0.2, 0.25) is 0 Å². The van der Waals surface area contributed by atoms with Crippen LogP contribution in [-0.4, -0.2) is 0 Å². The average molecular weight is 175 g/mol. The molecule has 0 fully saturated rings. The van der Waals surface area contributed by atoms with Gasteiger partial charge in [-0.1, -0.05) is 56.7 Å². The predicted molar refractivity (Wildman–Crippen MR) is 53.0 cm³/mol. The third-order valence-electron chi connectivity index (χ3n) is 1.81. The Morgan fingerprint density at radius 3 is 2.27 bits per heavy atom. The second-order valence-electron chi connectivity index (χ2n) is 2.92. The molecule has 0 aliphatic carbocycles. The van der Waals surface area contributed by atoms with Crippen LogP contribution >= 0.6 is 11.6 Å². The van der Waals surface area contributed by atoms with Crippen molar-refractivity contribution >= 4 is 11.6 Å². The van der Waals surface area contributed by atoms with E-state index in [1.165, 1.54) is 38.5 Å². The first-order valence-electron chi connectivity index (χ1n) is 4.67. The van der Waals surface area contributed by atoms with E-state index >= 15 is 0 Å². The van der Waals surface area contributed by atoms with Gasteiger partial charge in [-0.25, -0.2) is 0 Å². The highest BCUT2D eigenvalue weighted by atomic mass is 35.5. The van der Waals surface area contributed by atoms with Gasteiger partial charge < -0.3 is 0 Å². The highest BCUT2D eigenvalue weighted by Crippen LogP contribution is 2.07. The van der Waals surface area contributed by atoms with Gasteiger partial charge in [-0.15, -0.1) is 0 Å². The fraction of sp³-hybridized carbons (Fsp3) is 0.800. The fourth-order valence-corrected chi connectivity index (χ4v) is 1.23. The van der Waals surface area contributed by atoms with E-state index in [9.17, 15) is 0 Å². The molecule has 0 saturated heterocycles. The normalized spacial score (nSPS) is 11.1. The molecular formula is C10H19Cl. The first-order chi connectivity index (χ1) is 5.41. The Morgan fingerprint density at radius 1 is 1.00 bits per heavy atom. The van der Waals surface area contributed by atoms with E-state index in [1.54, 1.807) is 5.54 Å². The summed E-state index contributed by atoms with van der Waals surface area (Å²) in [7, 11) is 0. The van der Waals surface area contributed by atoms with Crippen LogP contribution in [0.5, 0.6) is 0 Å². The van der Waals surface area contributed by atoms with Gasteiger partial charge in [0.1, 0.15) is 0 Å². The van der Waals surface area contributed by atoms with Gasteiger partial charge in [0.25, 0.3) is 0 Å². The molecule has 0 aliphatic rings. The zero-order chi connectivity index (χ0) is 8.36. The second-order valence-corrected chi connectivity index (χ2v) is 3.17. The average Bonchev–Trinajstić information content (AvgIpc) is 2.03. The topological polar surface area (TPSA) is 0 Å². The standard InChI is InChI=1S/C10H19Cl/c1-2-3-4-5-6-7-8-9-10-11/h9-10H,2-8H2,1H3/b10-9+. The van der Waals surface area contributed by atoms with Gasteiger partial charge in [0.15, 0.2) is 0 Å². The summed E-state index contributed by atoms with van der Waals surface area (Å²) in [6.07, 6.45) is 11.4. The van der Waals surface area contributed by atoms with Crippen LogP contribution in [0.3, 0.4) is 0 Å². The van der Waals surface area contributed by atoms with Crippen LogP contribution in [0.4, 0.5) is 0 Å². The molecule has 0 saturated carbocycles. The number of halogens is 1. The molecule has 0 aromatic heterocycles. The maximum Gasteiger partial charge on any atom is 0.000245 e. The molecule has 66 valence electrons. The van der Waals surface area contributed by atoms with Crippen molar-refractivity contribution < 1.29 is 0 Å². The molecule has 0 amide bonds. The molecule has 0 aliphatic heterocycles. The maximum atomic E-state index is 5.38. The van der Waals surface area contributed by atoms with E-state index in [-0.39, 0.29) is 0 Å². The van der Waals surface area contributed by atoms with Crippen LogP contribution < -0.4 is 0 Å². The van der Waals surface area contributed by atoms with Crippen molar-refractivity contribution in [3.8, 4) is 0 Å². The Labute approximate surface area is 75.6 Å². The van der Waals surface area contributed by atoms with Gasteiger partial charge >= 0.3 is 0 Å². The maximum absolute atomic E-state index is 5.38. The van der Waals surface area contributed by atoms with Crippen LogP contribution in [0.1, 0.15) is 51.9 Å². The van der Waals surface area contributed by atoms with Crippen LogP contribution in [0.25, 0.3) is 0 Å². The Hall–Kier alpha value is 0.0300. The van der Waals surface area contributed by atoms with Crippen LogP contribution in [-0.2, 0) is 0 Å². The molecule has 0 aromatic rings. The largest absolute Gasteiger partial charge is 0.0933 e. The van der Waals surface area contributed by atoms with Gasteiger partial charge in [-0.2, -0.15) is 0 Å². The summed E-state index contributed by atoms with van der Waals surface area (Å²) in [6.45, 7) is 2.25. The van der Waals surface area contributed by atoms with E-state index in [0.717, 1.165) is 6.42 Å². The van der Waals surface area contributed by atoms with E-state index in [1.807, 2.05) is 6.08 Å². The Balaban J connectivity index is 2.79. The molecule has 0 spiro atoms. The summed E-state index contributed by atoms with van der Waals surface area (Å²) >= 11 is 5.38.